The zero-order valence-electron chi connectivity index (χ0n) is 13.5. The quantitative estimate of drug-likeness (QED) is 0.828. The molecule has 1 heterocycles. The van der Waals surface area contributed by atoms with E-state index in [2.05, 4.69) is 20.6 Å². The molecule has 1 aromatic heterocycles. The van der Waals surface area contributed by atoms with Gasteiger partial charge in [0.05, 0.1) is 5.52 Å². The first kappa shape index (κ1) is 16.9. The van der Waals surface area contributed by atoms with Crippen LogP contribution in [0.4, 0.5) is 15.0 Å². The van der Waals surface area contributed by atoms with E-state index in [9.17, 15) is 9.18 Å². The second-order valence-electron chi connectivity index (χ2n) is 6.09. The molecule has 124 valence electrons. The van der Waals surface area contributed by atoms with Crippen molar-refractivity contribution in [3.05, 3.63) is 30.3 Å². The van der Waals surface area contributed by atoms with Crippen molar-refractivity contribution in [1.82, 2.24) is 15.3 Å². The molecule has 2 aromatic rings. The third-order valence-electron chi connectivity index (χ3n) is 2.91. The average Bonchev–Trinajstić information content (AvgIpc) is 2.45. The maximum atomic E-state index is 13.3. The molecule has 0 saturated carbocycles. The number of halogens is 1. The number of hydrogen-bond donors (Lipinski definition) is 2. The molecule has 7 heteroatoms. The highest BCUT2D eigenvalue weighted by molar-refractivity contribution is 5.88. The van der Waals surface area contributed by atoms with Gasteiger partial charge in [-0.25, -0.2) is 19.2 Å². The van der Waals surface area contributed by atoms with Crippen molar-refractivity contribution >= 4 is 22.8 Å². The third-order valence-corrected chi connectivity index (χ3v) is 2.91. The fourth-order valence-electron chi connectivity index (χ4n) is 1.97. The number of carbonyl (C=O) groups is 1. The van der Waals surface area contributed by atoms with E-state index in [1.54, 1.807) is 6.07 Å². The summed E-state index contributed by atoms with van der Waals surface area (Å²) in [5.74, 6) is 0.244. The number of alkyl carbamates (subject to hydrolysis) is 1. The number of hydrogen-bond acceptors (Lipinski definition) is 5. The zero-order valence-corrected chi connectivity index (χ0v) is 13.5. The fraction of sp³-hybridized carbons (Fsp3) is 0.438. The Morgan fingerprint density at radius 1 is 1.26 bits per heavy atom. The van der Waals surface area contributed by atoms with Crippen molar-refractivity contribution in [3.63, 3.8) is 0 Å². The molecular formula is C16H21FN4O2. The zero-order chi connectivity index (χ0) is 16.9. The summed E-state index contributed by atoms with van der Waals surface area (Å²) in [6.07, 6.45) is 1.67. The summed E-state index contributed by atoms with van der Waals surface area (Å²) < 4.78 is 18.5. The minimum absolute atomic E-state index is 0.332. The Labute approximate surface area is 134 Å². The predicted molar refractivity (Wildman–Crippen MR) is 86.8 cm³/mol. The standard InChI is InChI=1S/C16H21FN4O2/c1-16(2,3)23-15(22)19-8-4-7-18-14-12-9-11(17)5-6-13(12)20-10-21-14/h5-6,9-10H,4,7-8H2,1-3H3,(H,19,22)(H,18,20,21). The second-order valence-corrected chi connectivity index (χ2v) is 6.09. The van der Waals surface area contributed by atoms with Crippen LogP contribution in [-0.2, 0) is 4.74 Å². The van der Waals surface area contributed by atoms with Gasteiger partial charge in [-0.15, -0.1) is 0 Å². The molecule has 23 heavy (non-hydrogen) atoms. The Bertz CT molecular complexity index is 685. The Kier molecular flexibility index (Phi) is 5.31. The van der Waals surface area contributed by atoms with E-state index >= 15 is 0 Å². The van der Waals surface area contributed by atoms with Gasteiger partial charge in [0.1, 0.15) is 23.6 Å². The van der Waals surface area contributed by atoms with Gasteiger partial charge < -0.3 is 15.4 Å². The summed E-state index contributed by atoms with van der Waals surface area (Å²) in [6, 6.07) is 4.38. The van der Waals surface area contributed by atoms with Crippen molar-refractivity contribution in [2.45, 2.75) is 32.8 Å². The molecule has 0 bridgehead atoms. The molecule has 2 rings (SSSR count). The molecule has 0 fully saturated rings. The van der Waals surface area contributed by atoms with Crippen LogP contribution in [0.1, 0.15) is 27.2 Å². The minimum Gasteiger partial charge on any atom is -0.444 e. The van der Waals surface area contributed by atoms with Crippen LogP contribution < -0.4 is 10.6 Å². The van der Waals surface area contributed by atoms with Crippen LogP contribution in [0.2, 0.25) is 0 Å². The van der Waals surface area contributed by atoms with Gasteiger partial charge in [-0.3, -0.25) is 0 Å². The molecule has 6 nitrogen and oxygen atoms in total. The largest absolute Gasteiger partial charge is 0.444 e. The van der Waals surface area contributed by atoms with Crippen LogP contribution in [0.15, 0.2) is 24.5 Å². The number of nitrogens with one attached hydrogen (secondary N) is 2. The van der Waals surface area contributed by atoms with Crippen LogP contribution in [0.3, 0.4) is 0 Å². The molecule has 0 aliphatic heterocycles. The molecule has 0 aliphatic rings. The number of fused-ring (bicyclic) bond motifs is 1. The van der Waals surface area contributed by atoms with E-state index in [1.165, 1.54) is 18.5 Å². The Morgan fingerprint density at radius 2 is 2.04 bits per heavy atom. The molecule has 0 atom stereocenters. The lowest BCUT2D eigenvalue weighted by Gasteiger charge is -2.19. The Morgan fingerprint density at radius 3 is 2.78 bits per heavy atom. The van der Waals surface area contributed by atoms with Crippen molar-refractivity contribution in [1.29, 1.82) is 0 Å². The first-order chi connectivity index (χ1) is 10.8. The van der Waals surface area contributed by atoms with Gasteiger partial charge in [-0.05, 0) is 45.4 Å². The van der Waals surface area contributed by atoms with Gasteiger partial charge in [0.15, 0.2) is 0 Å². The number of amides is 1. The van der Waals surface area contributed by atoms with Gasteiger partial charge in [-0.1, -0.05) is 0 Å². The molecule has 0 saturated heterocycles. The van der Waals surface area contributed by atoms with Crippen LogP contribution in [0, 0.1) is 5.82 Å². The highest BCUT2D eigenvalue weighted by Crippen LogP contribution is 2.19. The van der Waals surface area contributed by atoms with E-state index in [0.717, 1.165) is 0 Å². The molecule has 1 amide bonds. The minimum atomic E-state index is -0.508. The normalized spacial score (nSPS) is 11.3. The lowest BCUT2D eigenvalue weighted by atomic mass is 10.2. The maximum absolute atomic E-state index is 13.3. The molecule has 2 N–H and O–H groups in total. The average molecular weight is 320 g/mol. The monoisotopic (exact) mass is 320 g/mol. The Balaban J connectivity index is 1.81. The van der Waals surface area contributed by atoms with E-state index in [4.69, 9.17) is 4.74 Å². The number of nitrogens with zero attached hydrogens (tertiary/aromatic N) is 2. The van der Waals surface area contributed by atoms with Crippen molar-refractivity contribution in [2.24, 2.45) is 0 Å². The van der Waals surface area contributed by atoms with Crippen LogP contribution >= 0.6 is 0 Å². The van der Waals surface area contributed by atoms with Crippen molar-refractivity contribution in [2.75, 3.05) is 18.4 Å². The SMILES string of the molecule is CC(C)(C)OC(=O)NCCCNc1ncnc2ccc(F)cc12. The summed E-state index contributed by atoms with van der Waals surface area (Å²) in [7, 11) is 0. The third kappa shape index (κ3) is 5.36. The first-order valence-electron chi connectivity index (χ1n) is 7.46. The highest BCUT2D eigenvalue weighted by atomic mass is 19.1. The van der Waals surface area contributed by atoms with E-state index in [-0.39, 0.29) is 5.82 Å². The molecule has 0 unspecified atom stereocenters. The number of ether oxygens (including phenoxy) is 1. The van der Waals surface area contributed by atoms with Gasteiger partial charge >= 0.3 is 6.09 Å². The lowest BCUT2D eigenvalue weighted by Crippen LogP contribution is -2.33. The van der Waals surface area contributed by atoms with E-state index in [0.29, 0.717) is 36.2 Å². The number of anilines is 1. The van der Waals surface area contributed by atoms with Gasteiger partial charge in [0.25, 0.3) is 0 Å². The van der Waals surface area contributed by atoms with Gasteiger partial charge in [-0.2, -0.15) is 0 Å². The van der Waals surface area contributed by atoms with Crippen LogP contribution in [-0.4, -0.2) is 34.8 Å². The topological polar surface area (TPSA) is 76.1 Å². The molecule has 0 aliphatic carbocycles. The number of benzene rings is 1. The summed E-state index contributed by atoms with van der Waals surface area (Å²) in [6.45, 7) is 6.49. The van der Waals surface area contributed by atoms with Crippen LogP contribution in [0.25, 0.3) is 10.9 Å². The Hall–Kier alpha value is -2.44. The first-order valence-corrected chi connectivity index (χ1v) is 7.46. The summed E-state index contributed by atoms with van der Waals surface area (Å²) in [5.41, 5.74) is 0.169. The second kappa shape index (κ2) is 7.21. The predicted octanol–water partition coefficient (Wildman–Crippen LogP) is 3.10. The van der Waals surface area contributed by atoms with Gasteiger partial charge in [0, 0.05) is 18.5 Å². The summed E-state index contributed by atoms with van der Waals surface area (Å²) in [4.78, 5) is 19.7. The fourth-order valence-corrected chi connectivity index (χ4v) is 1.97. The van der Waals surface area contributed by atoms with Crippen LogP contribution in [0.5, 0.6) is 0 Å². The number of rotatable bonds is 5. The molecule has 0 spiro atoms. The lowest BCUT2D eigenvalue weighted by molar-refractivity contribution is 0.0528. The molecule has 0 radical (unpaired) electrons. The smallest absolute Gasteiger partial charge is 0.407 e. The maximum Gasteiger partial charge on any atom is 0.407 e. The number of aromatic nitrogens is 2. The van der Waals surface area contributed by atoms with E-state index in [1.807, 2.05) is 20.8 Å². The van der Waals surface area contributed by atoms with E-state index < -0.39 is 11.7 Å². The van der Waals surface area contributed by atoms with Crippen molar-refractivity contribution < 1.29 is 13.9 Å². The molecular weight excluding hydrogens is 299 g/mol. The summed E-state index contributed by atoms with van der Waals surface area (Å²) >= 11 is 0. The summed E-state index contributed by atoms with van der Waals surface area (Å²) in [5, 5.41) is 6.44. The number of carbonyl (C=O) groups excluding carboxylic acids is 1. The van der Waals surface area contributed by atoms with Gasteiger partial charge in [0.2, 0.25) is 0 Å². The molecule has 1 aromatic carbocycles. The van der Waals surface area contributed by atoms with Crippen molar-refractivity contribution in [3.8, 4) is 0 Å². The highest BCUT2D eigenvalue weighted by Gasteiger charge is 2.15.